The van der Waals surface area contributed by atoms with Crippen LogP contribution in [0.5, 0.6) is 0 Å². The Kier molecular flexibility index (Phi) is 5.09. The molecule has 0 aliphatic carbocycles. The van der Waals surface area contributed by atoms with E-state index >= 15 is 0 Å². The number of hydrogen-bond acceptors (Lipinski definition) is 2. The number of hydrogen-bond donors (Lipinski definition) is 0. The number of aryl methyl sites for hydroxylation is 2. The van der Waals surface area contributed by atoms with Crippen LogP contribution < -0.4 is 0 Å². The first-order valence-electron chi connectivity index (χ1n) is 6.64. The van der Waals surface area contributed by atoms with Crippen molar-refractivity contribution < 1.29 is 4.79 Å². The Morgan fingerprint density at radius 1 is 1.17 bits per heavy atom. The summed E-state index contributed by atoms with van der Waals surface area (Å²) in [5.41, 5.74) is 3.23. The van der Waals surface area contributed by atoms with Gasteiger partial charge in [0.1, 0.15) is 0 Å². The molecule has 0 heterocycles. The first-order chi connectivity index (χ1) is 8.32. The van der Waals surface area contributed by atoms with E-state index in [0.29, 0.717) is 5.92 Å². The molecule has 0 radical (unpaired) electrons. The maximum absolute atomic E-state index is 12.4. The molecule has 0 bridgehead atoms. The summed E-state index contributed by atoms with van der Waals surface area (Å²) in [6.45, 7) is 11.4. The maximum Gasteiger partial charge on any atom is 0.179 e. The van der Waals surface area contributed by atoms with Crippen molar-refractivity contribution in [2.75, 3.05) is 13.6 Å². The van der Waals surface area contributed by atoms with E-state index in [1.807, 2.05) is 32.2 Å². The second-order valence-corrected chi connectivity index (χ2v) is 5.67. The number of carbonyl (C=O) groups excluding carboxylic acids is 1. The van der Waals surface area contributed by atoms with Gasteiger partial charge in [-0.2, -0.15) is 0 Å². The molecule has 18 heavy (non-hydrogen) atoms. The molecule has 2 nitrogen and oxygen atoms in total. The van der Waals surface area contributed by atoms with E-state index in [1.54, 1.807) is 0 Å². The lowest BCUT2D eigenvalue weighted by Crippen LogP contribution is -2.38. The molecule has 0 aliphatic rings. The number of benzene rings is 1. The van der Waals surface area contributed by atoms with Gasteiger partial charge in [0.2, 0.25) is 0 Å². The van der Waals surface area contributed by atoms with Crippen LogP contribution in [0.2, 0.25) is 0 Å². The topological polar surface area (TPSA) is 20.3 Å². The molecule has 0 N–H and O–H groups in total. The molecule has 0 amide bonds. The zero-order valence-corrected chi connectivity index (χ0v) is 12.4. The van der Waals surface area contributed by atoms with E-state index in [9.17, 15) is 4.79 Å². The predicted octanol–water partition coefficient (Wildman–Crippen LogP) is 3.46. The minimum absolute atomic E-state index is 0.0606. The summed E-state index contributed by atoms with van der Waals surface area (Å²) in [5.74, 6) is 0.784. The highest BCUT2D eigenvalue weighted by atomic mass is 16.1. The molecule has 1 aromatic rings. The molecule has 1 aromatic carbocycles. The van der Waals surface area contributed by atoms with Gasteiger partial charge in [-0.1, -0.05) is 26.0 Å². The summed E-state index contributed by atoms with van der Waals surface area (Å²) in [7, 11) is 2.02. The molecule has 0 spiro atoms. The van der Waals surface area contributed by atoms with Crippen LogP contribution >= 0.6 is 0 Å². The van der Waals surface area contributed by atoms with Gasteiger partial charge in [-0.3, -0.25) is 9.69 Å². The average molecular weight is 247 g/mol. The molecule has 1 atom stereocenters. The van der Waals surface area contributed by atoms with Crippen LogP contribution in [0.25, 0.3) is 0 Å². The van der Waals surface area contributed by atoms with Crippen molar-refractivity contribution in [2.24, 2.45) is 5.92 Å². The monoisotopic (exact) mass is 247 g/mol. The van der Waals surface area contributed by atoms with Crippen molar-refractivity contribution in [3.8, 4) is 0 Å². The zero-order chi connectivity index (χ0) is 13.9. The lowest BCUT2D eigenvalue weighted by molar-refractivity contribution is 0.0857. The van der Waals surface area contributed by atoms with Gasteiger partial charge in [0.05, 0.1) is 6.04 Å². The van der Waals surface area contributed by atoms with E-state index in [4.69, 9.17) is 0 Å². The number of nitrogens with zero attached hydrogens (tertiary/aromatic N) is 1. The van der Waals surface area contributed by atoms with Crippen molar-refractivity contribution in [3.05, 3.63) is 34.9 Å². The Hall–Kier alpha value is -1.15. The fourth-order valence-electron chi connectivity index (χ4n) is 2.07. The van der Waals surface area contributed by atoms with Crippen LogP contribution in [0.15, 0.2) is 18.2 Å². The van der Waals surface area contributed by atoms with Gasteiger partial charge in [0.15, 0.2) is 5.78 Å². The van der Waals surface area contributed by atoms with E-state index in [0.717, 1.165) is 12.1 Å². The Labute approximate surface area is 111 Å². The minimum atomic E-state index is -0.0606. The van der Waals surface area contributed by atoms with Crippen molar-refractivity contribution in [2.45, 2.75) is 40.7 Å². The Bertz CT molecular complexity index is 423. The number of carbonyl (C=O) groups is 1. The highest BCUT2D eigenvalue weighted by Crippen LogP contribution is 2.14. The van der Waals surface area contributed by atoms with E-state index in [1.165, 1.54) is 11.1 Å². The van der Waals surface area contributed by atoms with Crippen molar-refractivity contribution >= 4 is 5.78 Å². The highest BCUT2D eigenvalue weighted by Gasteiger charge is 2.20. The summed E-state index contributed by atoms with van der Waals surface area (Å²) >= 11 is 0. The molecule has 100 valence electrons. The summed E-state index contributed by atoms with van der Waals surface area (Å²) in [6, 6.07) is 5.90. The average Bonchev–Trinajstić information content (AvgIpc) is 2.30. The van der Waals surface area contributed by atoms with E-state index in [-0.39, 0.29) is 11.8 Å². The summed E-state index contributed by atoms with van der Waals surface area (Å²) in [4.78, 5) is 14.5. The number of likely N-dealkylation sites (N-methyl/N-ethyl adjacent to an activating group) is 1. The van der Waals surface area contributed by atoms with Gasteiger partial charge in [0.25, 0.3) is 0 Å². The van der Waals surface area contributed by atoms with Crippen LogP contribution in [0.4, 0.5) is 0 Å². The second kappa shape index (κ2) is 6.14. The highest BCUT2D eigenvalue weighted by molar-refractivity contribution is 6.00. The molecule has 0 aliphatic heterocycles. The molecular weight excluding hydrogens is 222 g/mol. The number of Topliss-reactive ketones (excluding diaryl/α,β-unsaturated/α-hetero) is 1. The maximum atomic E-state index is 12.4. The first kappa shape index (κ1) is 14.9. The molecule has 1 unspecified atom stereocenters. The zero-order valence-electron chi connectivity index (χ0n) is 12.4. The Morgan fingerprint density at radius 2 is 1.78 bits per heavy atom. The third-order valence-electron chi connectivity index (χ3n) is 3.49. The predicted molar refractivity (Wildman–Crippen MR) is 77.2 cm³/mol. The molecule has 2 heteroatoms. The lowest BCUT2D eigenvalue weighted by Gasteiger charge is -2.25. The minimum Gasteiger partial charge on any atom is -0.296 e. The molecule has 1 rings (SSSR count). The van der Waals surface area contributed by atoms with Crippen molar-refractivity contribution in [1.82, 2.24) is 4.90 Å². The van der Waals surface area contributed by atoms with Crippen molar-refractivity contribution in [1.29, 1.82) is 0 Å². The van der Waals surface area contributed by atoms with Gasteiger partial charge in [-0.15, -0.1) is 0 Å². The number of rotatable bonds is 5. The van der Waals surface area contributed by atoms with E-state index in [2.05, 4.69) is 32.6 Å². The normalized spacial score (nSPS) is 13.1. The fourth-order valence-corrected chi connectivity index (χ4v) is 2.07. The Morgan fingerprint density at radius 3 is 2.28 bits per heavy atom. The van der Waals surface area contributed by atoms with Crippen LogP contribution in [0.3, 0.4) is 0 Å². The summed E-state index contributed by atoms with van der Waals surface area (Å²) in [6.07, 6.45) is 0. The molecule has 0 fully saturated rings. The number of ketones is 1. The molecule has 0 aromatic heterocycles. The van der Waals surface area contributed by atoms with Crippen LogP contribution in [-0.4, -0.2) is 30.3 Å². The lowest BCUT2D eigenvalue weighted by atomic mass is 9.99. The van der Waals surface area contributed by atoms with Crippen LogP contribution in [0, 0.1) is 19.8 Å². The summed E-state index contributed by atoms with van der Waals surface area (Å²) < 4.78 is 0. The standard InChI is InChI=1S/C16H25NO/c1-11(2)10-17(6)14(5)16(18)15-8-7-12(3)13(4)9-15/h7-9,11,14H,10H2,1-6H3. The van der Waals surface area contributed by atoms with Gasteiger partial charge in [-0.25, -0.2) is 0 Å². The quantitative estimate of drug-likeness (QED) is 0.743. The van der Waals surface area contributed by atoms with Gasteiger partial charge >= 0.3 is 0 Å². The largest absolute Gasteiger partial charge is 0.296 e. The van der Waals surface area contributed by atoms with Crippen LogP contribution in [-0.2, 0) is 0 Å². The van der Waals surface area contributed by atoms with Crippen LogP contribution in [0.1, 0.15) is 42.3 Å². The molecule has 0 saturated heterocycles. The molecular formula is C16H25NO. The molecule has 0 saturated carbocycles. The Balaban J connectivity index is 2.82. The first-order valence-corrected chi connectivity index (χ1v) is 6.64. The smallest absolute Gasteiger partial charge is 0.179 e. The fraction of sp³-hybridized carbons (Fsp3) is 0.562. The summed E-state index contributed by atoms with van der Waals surface area (Å²) in [5, 5.41) is 0. The SMILES string of the molecule is Cc1ccc(C(=O)C(C)N(C)CC(C)C)cc1C. The van der Waals surface area contributed by atoms with Gasteiger partial charge in [-0.05, 0) is 50.9 Å². The van der Waals surface area contributed by atoms with Gasteiger partial charge in [0, 0.05) is 12.1 Å². The van der Waals surface area contributed by atoms with Crippen molar-refractivity contribution in [3.63, 3.8) is 0 Å². The van der Waals surface area contributed by atoms with Gasteiger partial charge < -0.3 is 0 Å². The third-order valence-corrected chi connectivity index (χ3v) is 3.49. The second-order valence-electron chi connectivity index (χ2n) is 5.67. The van der Waals surface area contributed by atoms with E-state index < -0.39 is 0 Å². The third kappa shape index (κ3) is 3.67.